The number of amidine groups is 1. The van der Waals surface area contributed by atoms with Crippen LogP contribution in [0.25, 0.3) is 0 Å². The van der Waals surface area contributed by atoms with Gasteiger partial charge in [0.05, 0.1) is 0 Å². The molecule has 7 heavy (non-hydrogen) atoms. The third-order valence-electron chi connectivity index (χ3n) is 1.04. The Bertz CT molecular complexity index is 99.9. The summed E-state index contributed by atoms with van der Waals surface area (Å²) in [6.45, 7) is 0.688. The number of rotatable bonds is 0. The maximum absolute atomic E-state index is 8.74. The second-order valence-electron chi connectivity index (χ2n) is 1.61. The molecule has 0 aromatic carbocycles. The van der Waals surface area contributed by atoms with Gasteiger partial charge in [-0.2, -0.15) is 0 Å². The molecular formula is C4H8N2O. The Kier molecular flexibility index (Phi) is 0.982. The summed E-state index contributed by atoms with van der Waals surface area (Å²) in [5, 5.41) is 8.74. The van der Waals surface area contributed by atoms with Gasteiger partial charge in [-0.3, -0.25) is 4.99 Å². The van der Waals surface area contributed by atoms with E-state index in [-0.39, 0.29) is 0 Å². The van der Waals surface area contributed by atoms with Gasteiger partial charge in [-0.25, -0.2) is 0 Å². The molecule has 1 rings (SSSR count). The van der Waals surface area contributed by atoms with Gasteiger partial charge in [0.15, 0.2) is 0 Å². The van der Waals surface area contributed by atoms with Crippen LogP contribution in [-0.2, 0) is 0 Å². The van der Waals surface area contributed by atoms with Crippen LogP contribution in [0.1, 0.15) is 6.42 Å². The molecule has 0 amide bonds. The molecule has 0 aromatic heterocycles. The van der Waals surface area contributed by atoms with E-state index in [1.165, 1.54) is 0 Å². The standard InChI is InChI=1S/C4H8N2O/c5-4-3(7)1-2-6-4/h3,7H,1-2H2,(H2,5,6). The van der Waals surface area contributed by atoms with Crippen molar-refractivity contribution in [2.24, 2.45) is 10.7 Å². The average molecular weight is 100 g/mol. The lowest BCUT2D eigenvalue weighted by molar-refractivity contribution is 0.242. The van der Waals surface area contributed by atoms with Crippen LogP contribution in [-0.4, -0.2) is 23.6 Å². The van der Waals surface area contributed by atoms with E-state index in [9.17, 15) is 0 Å². The van der Waals surface area contributed by atoms with Crippen LogP contribution < -0.4 is 5.73 Å². The van der Waals surface area contributed by atoms with Gasteiger partial charge in [-0.1, -0.05) is 0 Å². The molecule has 0 radical (unpaired) electrons. The predicted octanol–water partition coefficient (Wildman–Crippen LogP) is -0.892. The van der Waals surface area contributed by atoms with Gasteiger partial charge in [0.1, 0.15) is 11.9 Å². The van der Waals surface area contributed by atoms with Gasteiger partial charge in [-0.05, 0) is 0 Å². The van der Waals surface area contributed by atoms with E-state index in [2.05, 4.69) is 4.99 Å². The predicted molar refractivity (Wildman–Crippen MR) is 27.1 cm³/mol. The molecule has 1 heterocycles. The van der Waals surface area contributed by atoms with Gasteiger partial charge in [0, 0.05) is 13.0 Å². The molecule has 1 aliphatic heterocycles. The van der Waals surface area contributed by atoms with Crippen LogP contribution in [0.15, 0.2) is 4.99 Å². The highest BCUT2D eigenvalue weighted by Crippen LogP contribution is 1.99. The molecule has 3 nitrogen and oxygen atoms in total. The van der Waals surface area contributed by atoms with Crippen molar-refractivity contribution in [3.63, 3.8) is 0 Å². The Labute approximate surface area is 41.9 Å². The Morgan fingerprint density at radius 1 is 1.86 bits per heavy atom. The minimum Gasteiger partial charge on any atom is -0.385 e. The molecule has 0 fully saturated rings. The van der Waals surface area contributed by atoms with Gasteiger partial charge in [0.2, 0.25) is 0 Å². The summed E-state index contributed by atoms with van der Waals surface area (Å²) in [5.74, 6) is 0.389. The Morgan fingerprint density at radius 2 is 2.57 bits per heavy atom. The maximum Gasteiger partial charge on any atom is 0.123 e. The zero-order chi connectivity index (χ0) is 5.28. The Hall–Kier alpha value is -0.570. The van der Waals surface area contributed by atoms with Crippen LogP contribution in [0, 0.1) is 0 Å². The average Bonchev–Trinajstić information content (AvgIpc) is 1.91. The monoisotopic (exact) mass is 100 g/mol. The number of nitrogens with zero attached hydrogens (tertiary/aromatic N) is 1. The topological polar surface area (TPSA) is 58.6 Å². The summed E-state index contributed by atoms with van der Waals surface area (Å²) in [4.78, 5) is 3.76. The van der Waals surface area contributed by atoms with Crippen molar-refractivity contribution in [2.45, 2.75) is 12.5 Å². The first-order chi connectivity index (χ1) is 3.30. The smallest absolute Gasteiger partial charge is 0.123 e. The zero-order valence-electron chi connectivity index (χ0n) is 3.96. The highest BCUT2D eigenvalue weighted by Gasteiger charge is 2.12. The fourth-order valence-electron chi connectivity index (χ4n) is 0.569. The van der Waals surface area contributed by atoms with Crippen molar-refractivity contribution in [1.82, 2.24) is 0 Å². The molecule has 40 valence electrons. The lowest BCUT2D eigenvalue weighted by Crippen LogP contribution is -2.23. The first kappa shape index (κ1) is 4.59. The van der Waals surface area contributed by atoms with Crippen LogP contribution in [0.4, 0.5) is 0 Å². The molecule has 0 saturated heterocycles. The minimum atomic E-state index is -0.458. The zero-order valence-corrected chi connectivity index (χ0v) is 3.96. The molecular weight excluding hydrogens is 92.1 g/mol. The first-order valence-electron chi connectivity index (χ1n) is 2.28. The lowest BCUT2D eigenvalue weighted by atomic mass is 10.3. The van der Waals surface area contributed by atoms with E-state index in [0.29, 0.717) is 18.8 Å². The summed E-state index contributed by atoms with van der Waals surface area (Å²) < 4.78 is 0. The third-order valence-corrected chi connectivity index (χ3v) is 1.04. The number of nitrogens with two attached hydrogens (primary N) is 1. The summed E-state index contributed by atoms with van der Waals surface area (Å²) in [7, 11) is 0. The molecule has 1 aliphatic rings. The van der Waals surface area contributed by atoms with E-state index in [1.54, 1.807) is 0 Å². The van der Waals surface area contributed by atoms with Crippen LogP contribution in [0.3, 0.4) is 0 Å². The maximum atomic E-state index is 8.74. The molecule has 0 aromatic rings. The van der Waals surface area contributed by atoms with Crippen molar-refractivity contribution in [3.8, 4) is 0 Å². The van der Waals surface area contributed by atoms with Crippen molar-refractivity contribution >= 4 is 5.84 Å². The van der Waals surface area contributed by atoms with E-state index in [4.69, 9.17) is 10.8 Å². The number of aliphatic hydroxyl groups excluding tert-OH is 1. The largest absolute Gasteiger partial charge is 0.385 e. The number of aliphatic hydroxyl groups is 1. The molecule has 0 saturated carbocycles. The SMILES string of the molecule is NC1=NCCC1O. The van der Waals surface area contributed by atoms with Gasteiger partial charge < -0.3 is 10.8 Å². The summed E-state index contributed by atoms with van der Waals surface area (Å²) in [6.07, 6.45) is 0.242. The van der Waals surface area contributed by atoms with Crippen LogP contribution in [0.5, 0.6) is 0 Å². The summed E-state index contributed by atoms with van der Waals surface area (Å²) in [6, 6.07) is 0. The summed E-state index contributed by atoms with van der Waals surface area (Å²) >= 11 is 0. The number of aliphatic imine (C=N–C) groups is 1. The molecule has 3 N–H and O–H groups in total. The Morgan fingerprint density at radius 3 is 2.71 bits per heavy atom. The molecule has 0 spiro atoms. The van der Waals surface area contributed by atoms with E-state index in [0.717, 1.165) is 0 Å². The van der Waals surface area contributed by atoms with E-state index < -0.39 is 6.10 Å². The third kappa shape index (κ3) is 0.718. The number of hydrogen-bond acceptors (Lipinski definition) is 3. The second kappa shape index (κ2) is 1.50. The van der Waals surface area contributed by atoms with Crippen LogP contribution >= 0.6 is 0 Å². The van der Waals surface area contributed by atoms with Crippen molar-refractivity contribution in [2.75, 3.05) is 6.54 Å². The minimum absolute atomic E-state index is 0.389. The van der Waals surface area contributed by atoms with Gasteiger partial charge in [0.25, 0.3) is 0 Å². The fraction of sp³-hybridized carbons (Fsp3) is 0.750. The van der Waals surface area contributed by atoms with E-state index in [1.807, 2.05) is 0 Å². The highest BCUT2D eigenvalue weighted by atomic mass is 16.3. The van der Waals surface area contributed by atoms with E-state index >= 15 is 0 Å². The van der Waals surface area contributed by atoms with Crippen molar-refractivity contribution < 1.29 is 5.11 Å². The lowest BCUT2D eigenvalue weighted by Gasteiger charge is -1.95. The highest BCUT2D eigenvalue weighted by molar-refractivity contribution is 5.85. The fourth-order valence-corrected chi connectivity index (χ4v) is 0.569. The molecule has 1 atom stereocenters. The number of hydrogen-bond donors (Lipinski definition) is 2. The van der Waals surface area contributed by atoms with Gasteiger partial charge in [-0.15, -0.1) is 0 Å². The molecule has 0 bridgehead atoms. The van der Waals surface area contributed by atoms with Gasteiger partial charge >= 0.3 is 0 Å². The molecule has 3 heteroatoms. The van der Waals surface area contributed by atoms with Crippen molar-refractivity contribution in [1.29, 1.82) is 0 Å². The molecule has 0 aliphatic carbocycles. The normalized spacial score (nSPS) is 30.4. The Balaban J connectivity index is 2.54. The van der Waals surface area contributed by atoms with Crippen LogP contribution in [0.2, 0.25) is 0 Å². The summed E-state index contributed by atoms with van der Waals surface area (Å²) in [5.41, 5.74) is 5.18. The quantitative estimate of drug-likeness (QED) is 0.415. The first-order valence-corrected chi connectivity index (χ1v) is 2.28. The second-order valence-corrected chi connectivity index (χ2v) is 1.61. The van der Waals surface area contributed by atoms with Crippen molar-refractivity contribution in [3.05, 3.63) is 0 Å². The molecule has 1 unspecified atom stereocenters.